The van der Waals surface area contributed by atoms with Gasteiger partial charge in [-0.25, -0.2) is 0 Å². The van der Waals surface area contributed by atoms with Gasteiger partial charge in [-0.15, -0.1) is 0 Å². The molecule has 0 unspecified atom stereocenters. The number of benzene rings is 3. The van der Waals surface area contributed by atoms with E-state index in [9.17, 15) is 0 Å². The summed E-state index contributed by atoms with van der Waals surface area (Å²) < 4.78 is 0. The van der Waals surface area contributed by atoms with Crippen LogP contribution in [0, 0.1) is 13.8 Å². The SMILES string of the molecule is CCCCc1ccc(Nc2ccc(CCCC)cc2-c2cc(C)cc(C)c2)cc1. The van der Waals surface area contributed by atoms with E-state index >= 15 is 0 Å². The van der Waals surface area contributed by atoms with Gasteiger partial charge in [0.15, 0.2) is 0 Å². The Morgan fingerprint density at radius 1 is 0.655 bits per heavy atom. The van der Waals surface area contributed by atoms with Crippen LogP contribution in [0.4, 0.5) is 11.4 Å². The molecule has 0 radical (unpaired) electrons. The lowest BCUT2D eigenvalue weighted by molar-refractivity contribution is 0.795. The van der Waals surface area contributed by atoms with Crippen molar-refractivity contribution < 1.29 is 0 Å². The molecule has 0 saturated carbocycles. The smallest absolute Gasteiger partial charge is 0.0464 e. The van der Waals surface area contributed by atoms with Crippen molar-refractivity contribution in [3.05, 3.63) is 82.9 Å². The van der Waals surface area contributed by atoms with Crippen LogP contribution in [-0.2, 0) is 12.8 Å². The molecule has 3 rings (SSSR count). The molecule has 3 aromatic carbocycles. The van der Waals surface area contributed by atoms with E-state index in [2.05, 4.69) is 93.7 Å². The van der Waals surface area contributed by atoms with Gasteiger partial charge in [0.1, 0.15) is 0 Å². The lowest BCUT2D eigenvalue weighted by atomic mass is 9.96. The standard InChI is InChI=1S/C28H35N/c1-5-7-9-23-11-14-26(15-12-23)29-28-16-13-24(10-8-6-2)20-27(28)25-18-21(3)17-22(4)19-25/h11-20,29H,5-10H2,1-4H3. The van der Waals surface area contributed by atoms with Crippen molar-refractivity contribution >= 4 is 11.4 Å². The molecule has 0 aliphatic rings. The van der Waals surface area contributed by atoms with Crippen LogP contribution in [-0.4, -0.2) is 0 Å². The summed E-state index contributed by atoms with van der Waals surface area (Å²) >= 11 is 0. The van der Waals surface area contributed by atoms with Crippen molar-refractivity contribution in [3.8, 4) is 11.1 Å². The number of hydrogen-bond donors (Lipinski definition) is 1. The molecular weight excluding hydrogens is 350 g/mol. The van der Waals surface area contributed by atoms with Crippen molar-refractivity contribution in [3.63, 3.8) is 0 Å². The van der Waals surface area contributed by atoms with Crippen LogP contribution >= 0.6 is 0 Å². The second-order valence-corrected chi connectivity index (χ2v) is 8.29. The van der Waals surface area contributed by atoms with Crippen LogP contribution in [0.25, 0.3) is 11.1 Å². The maximum atomic E-state index is 3.68. The van der Waals surface area contributed by atoms with Gasteiger partial charge in [0, 0.05) is 16.9 Å². The van der Waals surface area contributed by atoms with Gasteiger partial charge in [-0.3, -0.25) is 0 Å². The van der Waals surface area contributed by atoms with Crippen LogP contribution in [0.1, 0.15) is 61.8 Å². The summed E-state index contributed by atoms with van der Waals surface area (Å²) in [4.78, 5) is 0. The first-order valence-electron chi connectivity index (χ1n) is 11.2. The Labute approximate surface area is 177 Å². The highest BCUT2D eigenvalue weighted by atomic mass is 14.9. The number of hydrogen-bond acceptors (Lipinski definition) is 1. The second-order valence-electron chi connectivity index (χ2n) is 8.29. The minimum Gasteiger partial charge on any atom is -0.355 e. The molecule has 0 heterocycles. The monoisotopic (exact) mass is 385 g/mol. The molecule has 1 nitrogen and oxygen atoms in total. The predicted octanol–water partition coefficient (Wildman–Crippen LogP) is 8.40. The van der Waals surface area contributed by atoms with Crippen LogP contribution in [0.3, 0.4) is 0 Å². The minimum absolute atomic E-state index is 1.14. The Bertz CT molecular complexity index is 901. The van der Waals surface area contributed by atoms with E-state index in [0.29, 0.717) is 0 Å². The van der Waals surface area contributed by atoms with E-state index in [1.807, 2.05) is 0 Å². The average Bonchev–Trinajstić information content (AvgIpc) is 2.71. The topological polar surface area (TPSA) is 12.0 Å². The quantitative estimate of drug-likeness (QED) is 0.390. The van der Waals surface area contributed by atoms with Crippen molar-refractivity contribution in [2.75, 3.05) is 5.32 Å². The maximum Gasteiger partial charge on any atom is 0.0464 e. The fraction of sp³-hybridized carbons (Fsp3) is 0.357. The zero-order chi connectivity index (χ0) is 20.6. The van der Waals surface area contributed by atoms with Gasteiger partial charge in [-0.2, -0.15) is 0 Å². The minimum atomic E-state index is 1.14. The van der Waals surface area contributed by atoms with Crippen LogP contribution in [0.5, 0.6) is 0 Å². The number of unbranched alkanes of at least 4 members (excludes halogenated alkanes) is 2. The number of aryl methyl sites for hydroxylation is 4. The highest BCUT2D eigenvalue weighted by molar-refractivity contribution is 5.82. The van der Waals surface area contributed by atoms with Gasteiger partial charge < -0.3 is 5.32 Å². The predicted molar refractivity (Wildman–Crippen MR) is 128 cm³/mol. The van der Waals surface area contributed by atoms with E-state index < -0.39 is 0 Å². The van der Waals surface area contributed by atoms with Crippen molar-refractivity contribution in [2.45, 2.75) is 66.2 Å². The second kappa shape index (κ2) is 10.3. The Kier molecular flexibility index (Phi) is 7.52. The molecule has 152 valence electrons. The van der Waals surface area contributed by atoms with Gasteiger partial charge >= 0.3 is 0 Å². The van der Waals surface area contributed by atoms with E-state index in [1.165, 1.54) is 64.8 Å². The van der Waals surface area contributed by atoms with Gasteiger partial charge in [0.2, 0.25) is 0 Å². The Hall–Kier alpha value is -2.54. The number of rotatable bonds is 9. The summed E-state index contributed by atoms with van der Waals surface area (Å²) in [7, 11) is 0. The van der Waals surface area contributed by atoms with E-state index in [4.69, 9.17) is 0 Å². The summed E-state index contributed by atoms with van der Waals surface area (Å²) in [5, 5.41) is 3.68. The van der Waals surface area contributed by atoms with Crippen molar-refractivity contribution in [1.29, 1.82) is 0 Å². The Morgan fingerprint density at radius 3 is 1.86 bits per heavy atom. The van der Waals surface area contributed by atoms with Crippen molar-refractivity contribution in [2.24, 2.45) is 0 Å². The lowest BCUT2D eigenvalue weighted by Crippen LogP contribution is -1.97. The van der Waals surface area contributed by atoms with Crippen LogP contribution < -0.4 is 5.32 Å². The lowest BCUT2D eigenvalue weighted by Gasteiger charge is -2.16. The first kappa shape index (κ1) is 21.2. The fourth-order valence-corrected chi connectivity index (χ4v) is 3.90. The van der Waals surface area contributed by atoms with Gasteiger partial charge in [-0.05, 0) is 80.5 Å². The molecule has 0 aliphatic heterocycles. The van der Waals surface area contributed by atoms with Crippen LogP contribution in [0.2, 0.25) is 0 Å². The van der Waals surface area contributed by atoms with E-state index in [-0.39, 0.29) is 0 Å². The summed E-state index contributed by atoms with van der Waals surface area (Å²) in [6.45, 7) is 8.86. The van der Waals surface area contributed by atoms with Gasteiger partial charge in [0.05, 0.1) is 0 Å². The fourth-order valence-electron chi connectivity index (χ4n) is 3.90. The highest BCUT2D eigenvalue weighted by Crippen LogP contribution is 2.33. The molecule has 0 fully saturated rings. The zero-order valence-corrected chi connectivity index (χ0v) is 18.5. The first-order valence-corrected chi connectivity index (χ1v) is 11.2. The molecule has 0 amide bonds. The first-order chi connectivity index (χ1) is 14.1. The molecule has 0 aliphatic carbocycles. The maximum absolute atomic E-state index is 3.68. The third kappa shape index (κ3) is 5.97. The molecule has 29 heavy (non-hydrogen) atoms. The molecule has 0 spiro atoms. The molecule has 0 bridgehead atoms. The van der Waals surface area contributed by atoms with Crippen molar-refractivity contribution in [1.82, 2.24) is 0 Å². The molecular formula is C28H35N. The zero-order valence-electron chi connectivity index (χ0n) is 18.5. The average molecular weight is 386 g/mol. The number of nitrogens with one attached hydrogen (secondary N) is 1. The Balaban J connectivity index is 1.92. The third-order valence-electron chi connectivity index (χ3n) is 5.49. The summed E-state index contributed by atoms with van der Waals surface area (Å²) in [5.41, 5.74) is 10.4. The molecule has 0 saturated heterocycles. The van der Waals surface area contributed by atoms with Gasteiger partial charge in [-0.1, -0.05) is 74.2 Å². The van der Waals surface area contributed by atoms with E-state index in [0.717, 1.165) is 18.5 Å². The molecule has 1 heteroatoms. The number of anilines is 2. The summed E-state index contributed by atoms with van der Waals surface area (Å²) in [6.07, 6.45) is 7.26. The third-order valence-corrected chi connectivity index (χ3v) is 5.49. The van der Waals surface area contributed by atoms with E-state index in [1.54, 1.807) is 0 Å². The molecule has 0 atom stereocenters. The molecule has 1 N–H and O–H groups in total. The normalized spacial score (nSPS) is 10.9. The summed E-state index contributed by atoms with van der Waals surface area (Å²) in [5.74, 6) is 0. The highest BCUT2D eigenvalue weighted by Gasteiger charge is 2.09. The Morgan fingerprint density at radius 2 is 1.24 bits per heavy atom. The largest absolute Gasteiger partial charge is 0.355 e. The van der Waals surface area contributed by atoms with Crippen LogP contribution in [0.15, 0.2) is 60.7 Å². The summed E-state index contributed by atoms with van der Waals surface area (Å²) in [6, 6.07) is 22.7. The molecule has 0 aromatic heterocycles. The van der Waals surface area contributed by atoms with Gasteiger partial charge in [0.25, 0.3) is 0 Å². The molecule has 3 aromatic rings.